The fourth-order valence-corrected chi connectivity index (χ4v) is 2.15. The van der Waals surface area contributed by atoms with Gasteiger partial charge in [0.1, 0.15) is 0 Å². The van der Waals surface area contributed by atoms with E-state index in [0.717, 1.165) is 20.6 Å². The second kappa shape index (κ2) is 4.56. The molecule has 0 aliphatic rings. The minimum Gasteiger partial charge on any atom is -0.0843 e. The molecule has 0 fully saturated rings. The Balaban J connectivity index is 2.58. The van der Waals surface area contributed by atoms with E-state index in [2.05, 4.69) is 15.9 Å². The Kier molecular flexibility index (Phi) is 3.35. The third-order valence-corrected chi connectivity index (χ3v) is 3.12. The molecule has 0 radical (unpaired) electrons. The fourth-order valence-electron chi connectivity index (χ4n) is 1.37. The molecule has 0 aromatic heterocycles. The van der Waals surface area contributed by atoms with Gasteiger partial charge in [-0.25, -0.2) is 0 Å². The first-order chi connectivity index (χ1) is 7.16. The van der Waals surface area contributed by atoms with Gasteiger partial charge < -0.3 is 0 Å². The monoisotopic (exact) mass is 300 g/mol. The van der Waals surface area contributed by atoms with Crippen LogP contribution in [0.1, 0.15) is 0 Å². The maximum atomic E-state index is 6.12. The van der Waals surface area contributed by atoms with Gasteiger partial charge in [-0.3, -0.25) is 0 Å². The topological polar surface area (TPSA) is 0 Å². The standard InChI is InChI=1S/C12H7BrCl2/c13-9-4-5-12(15)11(7-9)8-2-1-3-10(14)6-8/h1-7H. The van der Waals surface area contributed by atoms with E-state index in [4.69, 9.17) is 23.2 Å². The summed E-state index contributed by atoms with van der Waals surface area (Å²) in [4.78, 5) is 0. The largest absolute Gasteiger partial charge is 0.0843 e. The van der Waals surface area contributed by atoms with E-state index in [9.17, 15) is 0 Å². The van der Waals surface area contributed by atoms with Crippen LogP contribution in [0.3, 0.4) is 0 Å². The summed E-state index contributed by atoms with van der Waals surface area (Å²) < 4.78 is 1.00. The van der Waals surface area contributed by atoms with Crippen molar-refractivity contribution in [2.75, 3.05) is 0 Å². The highest BCUT2D eigenvalue weighted by atomic mass is 79.9. The number of hydrogen-bond acceptors (Lipinski definition) is 0. The zero-order valence-electron chi connectivity index (χ0n) is 7.68. The van der Waals surface area contributed by atoms with E-state index in [1.54, 1.807) is 0 Å². The van der Waals surface area contributed by atoms with Crippen molar-refractivity contribution in [3.05, 3.63) is 57.0 Å². The zero-order valence-corrected chi connectivity index (χ0v) is 10.8. The summed E-state index contributed by atoms with van der Waals surface area (Å²) in [5.41, 5.74) is 2.00. The van der Waals surface area contributed by atoms with Gasteiger partial charge in [0.2, 0.25) is 0 Å². The first-order valence-corrected chi connectivity index (χ1v) is 5.93. The van der Waals surface area contributed by atoms with Crippen molar-refractivity contribution in [3.8, 4) is 11.1 Å². The smallest absolute Gasteiger partial charge is 0.0485 e. The summed E-state index contributed by atoms with van der Waals surface area (Å²) in [5, 5.41) is 1.43. The number of halogens is 3. The Morgan fingerprint density at radius 1 is 0.933 bits per heavy atom. The molecule has 0 N–H and O–H groups in total. The highest BCUT2D eigenvalue weighted by molar-refractivity contribution is 9.10. The van der Waals surface area contributed by atoms with Gasteiger partial charge in [-0.2, -0.15) is 0 Å². The highest BCUT2D eigenvalue weighted by Gasteiger charge is 2.04. The van der Waals surface area contributed by atoms with Gasteiger partial charge in [0.25, 0.3) is 0 Å². The predicted molar refractivity (Wildman–Crippen MR) is 69.6 cm³/mol. The molecule has 3 heteroatoms. The van der Waals surface area contributed by atoms with E-state index < -0.39 is 0 Å². The van der Waals surface area contributed by atoms with E-state index in [-0.39, 0.29) is 0 Å². The molecule has 0 unspecified atom stereocenters. The Labute approximate surface area is 107 Å². The minimum atomic E-state index is 0.712. The molecule has 2 aromatic rings. The van der Waals surface area contributed by atoms with E-state index in [1.165, 1.54) is 0 Å². The third kappa shape index (κ3) is 2.54. The number of rotatable bonds is 1. The van der Waals surface area contributed by atoms with Crippen LogP contribution in [0.4, 0.5) is 0 Å². The highest BCUT2D eigenvalue weighted by Crippen LogP contribution is 2.31. The summed E-state index contributed by atoms with van der Waals surface area (Å²) >= 11 is 15.5. The number of hydrogen-bond donors (Lipinski definition) is 0. The molecule has 0 atom stereocenters. The molecule has 2 rings (SSSR count). The normalized spacial score (nSPS) is 10.3. The van der Waals surface area contributed by atoms with Gasteiger partial charge in [0, 0.05) is 20.1 Å². The molecule has 2 aromatic carbocycles. The van der Waals surface area contributed by atoms with Crippen molar-refractivity contribution in [1.29, 1.82) is 0 Å². The molecule has 0 amide bonds. The van der Waals surface area contributed by atoms with Crippen LogP contribution in [-0.2, 0) is 0 Å². The average Bonchev–Trinajstić information content (AvgIpc) is 2.22. The van der Waals surface area contributed by atoms with Crippen molar-refractivity contribution < 1.29 is 0 Å². The van der Waals surface area contributed by atoms with Crippen LogP contribution in [0.25, 0.3) is 11.1 Å². The Hall–Kier alpha value is -0.500. The second-order valence-corrected chi connectivity index (χ2v) is 4.89. The third-order valence-electron chi connectivity index (χ3n) is 2.06. The lowest BCUT2D eigenvalue weighted by atomic mass is 10.1. The summed E-state index contributed by atoms with van der Waals surface area (Å²) in [6, 6.07) is 13.4. The fraction of sp³-hybridized carbons (Fsp3) is 0. The van der Waals surface area contributed by atoms with Gasteiger partial charge in [0.05, 0.1) is 0 Å². The van der Waals surface area contributed by atoms with Crippen molar-refractivity contribution >= 4 is 39.1 Å². The molecule has 0 saturated heterocycles. The lowest BCUT2D eigenvalue weighted by molar-refractivity contribution is 1.59. The van der Waals surface area contributed by atoms with Gasteiger partial charge in [0.15, 0.2) is 0 Å². The first-order valence-electron chi connectivity index (χ1n) is 4.38. The lowest BCUT2D eigenvalue weighted by Crippen LogP contribution is -1.79. The van der Waals surface area contributed by atoms with Gasteiger partial charge in [-0.15, -0.1) is 0 Å². The van der Waals surface area contributed by atoms with Crippen molar-refractivity contribution in [2.45, 2.75) is 0 Å². The minimum absolute atomic E-state index is 0.712. The zero-order chi connectivity index (χ0) is 10.8. The molecule has 0 bridgehead atoms. The summed E-state index contributed by atoms with van der Waals surface area (Å²) in [5.74, 6) is 0. The lowest BCUT2D eigenvalue weighted by Gasteiger charge is -2.05. The molecule has 0 aliphatic carbocycles. The van der Waals surface area contributed by atoms with E-state index in [0.29, 0.717) is 5.02 Å². The average molecular weight is 302 g/mol. The molecular formula is C12H7BrCl2. The molecule has 0 aliphatic heterocycles. The second-order valence-electron chi connectivity index (χ2n) is 3.13. The van der Waals surface area contributed by atoms with E-state index >= 15 is 0 Å². The SMILES string of the molecule is Clc1cccc(-c2cc(Br)ccc2Cl)c1. The van der Waals surface area contributed by atoms with Crippen molar-refractivity contribution in [2.24, 2.45) is 0 Å². The first kappa shape index (κ1) is 11.0. The van der Waals surface area contributed by atoms with Crippen LogP contribution in [0.5, 0.6) is 0 Å². The molecule has 0 saturated carbocycles. The molecule has 15 heavy (non-hydrogen) atoms. The Morgan fingerprint density at radius 2 is 1.73 bits per heavy atom. The molecule has 0 heterocycles. The van der Waals surface area contributed by atoms with Crippen molar-refractivity contribution in [1.82, 2.24) is 0 Å². The van der Waals surface area contributed by atoms with Crippen LogP contribution >= 0.6 is 39.1 Å². The van der Waals surface area contributed by atoms with Gasteiger partial charge >= 0.3 is 0 Å². The van der Waals surface area contributed by atoms with Gasteiger partial charge in [-0.1, -0.05) is 51.3 Å². The van der Waals surface area contributed by atoms with Crippen LogP contribution in [-0.4, -0.2) is 0 Å². The Morgan fingerprint density at radius 3 is 2.47 bits per heavy atom. The van der Waals surface area contributed by atoms with Crippen LogP contribution < -0.4 is 0 Å². The molecule has 0 spiro atoms. The van der Waals surface area contributed by atoms with E-state index in [1.807, 2.05) is 42.5 Å². The van der Waals surface area contributed by atoms with Gasteiger partial charge in [-0.05, 0) is 35.9 Å². The van der Waals surface area contributed by atoms with Crippen LogP contribution in [0, 0.1) is 0 Å². The summed E-state index contributed by atoms with van der Waals surface area (Å²) in [7, 11) is 0. The van der Waals surface area contributed by atoms with Crippen LogP contribution in [0.2, 0.25) is 10.0 Å². The quantitative estimate of drug-likeness (QED) is 0.659. The Bertz CT molecular complexity index is 495. The maximum absolute atomic E-state index is 6.12. The molecule has 76 valence electrons. The summed E-state index contributed by atoms with van der Waals surface area (Å²) in [6.45, 7) is 0. The maximum Gasteiger partial charge on any atom is 0.0485 e. The summed E-state index contributed by atoms with van der Waals surface area (Å²) in [6.07, 6.45) is 0. The molecule has 0 nitrogen and oxygen atoms in total. The predicted octanol–water partition coefficient (Wildman–Crippen LogP) is 5.42. The van der Waals surface area contributed by atoms with Crippen LogP contribution in [0.15, 0.2) is 46.9 Å². The molecular weight excluding hydrogens is 295 g/mol. The van der Waals surface area contributed by atoms with Crippen molar-refractivity contribution in [3.63, 3.8) is 0 Å². The number of benzene rings is 2.